The summed E-state index contributed by atoms with van der Waals surface area (Å²) in [5.41, 5.74) is 0.609. The third kappa shape index (κ3) is 5.28. The topological polar surface area (TPSA) is 67.9 Å². The van der Waals surface area contributed by atoms with Crippen molar-refractivity contribution in [3.8, 4) is 23.0 Å². The van der Waals surface area contributed by atoms with E-state index in [0.29, 0.717) is 22.7 Å². The number of ether oxygens (including phenoxy) is 2. The normalized spacial score (nSPS) is 14.4. The molecule has 0 unspecified atom stereocenters. The highest BCUT2D eigenvalue weighted by molar-refractivity contribution is 7.80. The average molecular weight is 529 g/mol. The van der Waals surface area contributed by atoms with Crippen LogP contribution in [0.4, 0.5) is 14.5 Å². The molecule has 1 N–H and O–H groups in total. The largest absolute Gasteiger partial charge is 0.457 e. The Balaban J connectivity index is 1.42. The van der Waals surface area contributed by atoms with Gasteiger partial charge in [-0.25, -0.2) is 8.78 Å². The minimum Gasteiger partial charge on any atom is -0.457 e. The molecule has 2 amide bonds. The number of benzene rings is 4. The third-order valence-corrected chi connectivity index (χ3v) is 5.80. The molecule has 0 bridgehead atoms. The fourth-order valence-electron chi connectivity index (χ4n) is 3.70. The van der Waals surface area contributed by atoms with Gasteiger partial charge in [0.25, 0.3) is 11.8 Å². The first-order chi connectivity index (χ1) is 18.4. The molecule has 1 aliphatic rings. The summed E-state index contributed by atoms with van der Waals surface area (Å²) in [5, 5.41) is 2.46. The van der Waals surface area contributed by atoms with Crippen LogP contribution in [0.2, 0.25) is 0 Å². The van der Waals surface area contributed by atoms with E-state index in [-0.39, 0.29) is 22.2 Å². The molecule has 0 radical (unpaired) electrons. The number of carbonyl (C=O) groups is 2. The van der Waals surface area contributed by atoms with Gasteiger partial charge in [0.2, 0.25) is 0 Å². The first-order valence-electron chi connectivity index (χ1n) is 11.4. The van der Waals surface area contributed by atoms with Crippen LogP contribution in [0.5, 0.6) is 23.0 Å². The van der Waals surface area contributed by atoms with Crippen molar-refractivity contribution in [1.82, 2.24) is 5.32 Å². The molecule has 1 saturated heterocycles. The van der Waals surface area contributed by atoms with E-state index in [0.717, 1.165) is 12.1 Å². The van der Waals surface area contributed by atoms with Gasteiger partial charge >= 0.3 is 0 Å². The van der Waals surface area contributed by atoms with E-state index in [1.807, 2.05) is 30.3 Å². The maximum atomic E-state index is 13.6. The molecule has 0 atom stereocenters. The molecule has 6 nitrogen and oxygen atoms in total. The Bertz CT molecular complexity index is 1570. The molecule has 0 aromatic heterocycles. The van der Waals surface area contributed by atoms with Crippen molar-refractivity contribution in [2.45, 2.75) is 0 Å². The van der Waals surface area contributed by atoms with Gasteiger partial charge in [-0.2, -0.15) is 0 Å². The van der Waals surface area contributed by atoms with Gasteiger partial charge in [-0.15, -0.1) is 0 Å². The number of para-hydroxylation sites is 2. The standard InChI is InChI=1S/C29H18F2N2O4S/c30-24-15-14-22(17-25(24)31)37-26-9-5-4-6-18(26)16-23-27(34)32-29(38)33(28(23)35)19-10-12-21(13-11-19)36-20-7-2-1-3-8-20/h1-17H,(H,32,34,38)/b23-16+. The molecule has 0 aliphatic carbocycles. The van der Waals surface area contributed by atoms with E-state index in [9.17, 15) is 18.4 Å². The number of nitrogens with zero attached hydrogens (tertiary/aromatic N) is 1. The summed E-state index contributed by atoms with van der Waals surface area (Å²) < 4.78 is 38.4. The maximum Gasteiger partial charge on any atom is 0.270 e. The lowest BCUT2D eigenvalue weighted by molar-refractivity contribution is -0.122. The molecule has 4 aromatic carbocycles. The number of anilines is 1. The van der Waals surface area contributed by atoms with Gasteiger partial charge in [0, 0.05) is 11.6 Å². The van der Waals surface area contributed by atoms with Gasteiger partial charge in [0.15, 0.2) is 16.7 Å². The lowest BCUT2D eigenvalue weighted by Crippen LogP contribution is -2.54. The zero-order valence-corrected chi connectivity index (χ0v) is 20.4. The van der Waals surface area contributed by atoms with Gasteiger partial charge in [-0.05, 0) is 72.9 Å². The second-order valence-electron chi connectivity index (χ2n) is 8.08. The van der Waals surface area contributed by atoms with Crippen LogP contribution in [0, 0.1) is 11.6 Å². The number of halogens is 2. The van der Waals surface area contributed by atoms with Crippen LogP contribution in [0.25, 0.3) is 6.08 Å². The van der Waals surface area contributed by atoms with E-state index >= 15 is 0 Å². The number of rotatable bonds is 6. The summed E-state index contributed by atoms with van der Waals surface area (Å²) >= 11 is 5.28. The molecule has 9 heteroatoms. The SMILES string of the molecule is O=C1NC(=S)N(c2ccc(Oc3ccccc3)cc2)C(=O)/C1=C/c1ccccc1Oc1ccc(F)c(F)c1. The maximum absolute atomic E-state index is 13.6. The minimum absolute atomic E-state index is 0.0507. The molecule has 0 saturated carbocycles. The average Bonchev–Trinajstić information content (AvgIpc) is 2.91. The summed E-state index contributed by atoms with van der Waals surface area (Å²) in [6.07, 6.45) is 1.36. The van der Waals surface area contributed by atoms with Gasteiger partial charge in [-0.3, -0.25) is 19.8 Å². The van der Waals surface area contributed by atoms with Crippen molar-refractivity contribution in [1.29, 1.82) is 0 Å². The summed E-state index contributed by atoms with van der Waals surface area (Å²) in [4.78, 5) is 27.4. The van der Waals surface area contributed by atoms with Crippen molar-refractivity contribution >= 4 is 40.9 Å². The zero-order valence-electron chi connectivity index (χ0n) is 19.6. The lowest BCUT2D eigenvalue weighted by Gasteiger charge is -2.29. The number of thiocarbonyl (C=S) groups is 1. The van der Waals surface area contributed by atoms with Crippen molar-refractivity contribution in [2.75, 3.05) is 4.90 Å². The number of nitrogens with one attached hydrogen (secondary N) is 1. The summed E-state index contributed by atoms with van der Waals surface area (Å²) in [6.45, 7) is 0. The highest BCUT2D eigenvalue weighted by Crippen LogP contribution is 2.30. The Kier molecular flexibility index (Phi) is 6.92. The molecule has 0 spiro atoms. The second kappa shape index (κ2) is 10.6. The van der Waals surface area contributed by atoms with Crippen LogP contribution in [-0.2, 0) is 9.59 Å². The minimum atomic E-state index is -1.07. The fraction of sp³-hybridized carbons (Fsp3) is 0. The van der Waals surface area contributed by atoms with E-state index in [4.69, 9.17) is 21.7 Å². The van der Waals surface area contributed by atoms with Gasteiger partial charge in [-0.1, -0.05) is 36.4 Å². The van der Waals surface area contributed by atoms with Gasteiger partial charge < -0.3 is 9.47 Å². The van der Waals surface area contributed by atoms with E-state index in [1.165, 1.54) is 17.0 Å². The second-order valence-corrected chi connectivity index (χ2v) is 8.47. The Morgan fingerprint density at radius 2 is 1.39 bits per heavy atom. The fourth-order valence-corrected chi connectivity index (χ4v) is 3.98. The predicted octanol–water partition coefficient (Wildman–Crippen LogP) is 6.38. The quantitative estimate of drug-likeness (QED) is 0.179. The molecule has 1 aliphatic heterocycles. The van der Waals surface area contributed by atoms with Crippen LogP contribution in [-0.4, -0.2) is 16.9 Å². The van der Waals surface area contributed by atoms with Crippen molar-refractivity contribution in [2.24, 2.45) is 0 Å². The molecule has 1 heterocycles. The Morgan fingerprint density at radius 3 is 2.13 bits per heavy atom. The highest BCUT2D eigenvalue weighted by atomic mass is 32.1. The van der Waals surface area contributed by atoms with E-state index in [2.05, 4.69) is 5.32 Å². The van der Waals surface area contributed by atoms with Crippen molar-refractivity contribution < 1.29 is 27.8 Å². The summed E-state index contributed by atoms with van der Waals surface area (Å²) in [5.74, 6) is -1.90. The van der Waals surface area contributed by atoms with Gasteiger partial charge in [0.05, 0.1) is 5.69 Å². The van der Waals surface area contributed by atoms with Crippen molar-refractivity contribution in [3.63, 3.8) is 0 Å². The molecule has 5 rings (SSSR count). The van der Waals surface area contributed by atoms with Crippen molar-refractivity contribution in [3.05, 3.63) is 120 Å². The Labute approximate surface area is 221 Å². The monoisotopic (exact) mass is 528 g/mol. The van der Waals surface area contributed by atoms with Crippen LogP contribution in [0.15, 0.2) is 103 Å². The Hall–Kier alpha value is -4.89. The first-order valence-corrected chi connectivity index (χ1v) is 11.8. The third-order valence-electron chi connectivity index (χ3n) is 5.51. The smallest absolute Gasteiger partial charge is 0.270 e. The summed E-state index contributed by atoms with van der Waals surface area (Å²) in [6, 6.07) is 25.6. The number of amides is 2. The van der Waals surface area contributed by atoms with Crippen LogP contribution < -0.4 is 19.7 Å². The highest BCUT2D eigenvalue weighted by Gasteiger charge is 2.34. The summed E-state index contributed by atoms with van der Waals surface area (Å²) in [7, 11) is 0. The first kappa shape index (κ1) is 24.8. The van der Waals surface area contributed by atoms with Gasteiger partial charge in [0.1, 0.15) is 28.6 Å². The zero-order chi connectivity index (χ0) is 26.6. The molecule has 4 aromatic rings. The molecular formula is C29H18F2N2O4S. The molecule has 1 fully saturated rings. The van der Waals surface area contributed by atoms with E-state index < -0.39 is 23.4 Å². The molecular weight excluding hydrogens is 510 g/mol. The lowest BCUT2D eigenvalue weighted by atomic mass is 10.1. The van der Waals surface area contributed by atoms with Crippen LogP contribution in [0.1, 0.15) is 5.56 Å². The van der Waals surface area contributed by atoms with Crippen LogP contribution in [0.3, 0.4) is 0 Å². The predicted molar refractivity (Wildman–Crippen MR) is 142 cm³/mol. The molecule has 38 heavy (non-hydrogen) atoms. The molecule has 188 valence electrons. The number of carbonyl (C=O) groups excluding carboxylic acids is 2. The number of hydrogen-bond acceptors (Lipinski definition) is 5. The Morgan fingerprint density at radius 1 is 0.737 bits per heavy atom. The van der Waals surface area contributed by atoms with E-state index in [1.54, 1.807) is 48.5 Å². The van der Waals surface area contributed by atoms with Crippen LogP contribution >= 0.6 is 12.2 Å². The number of hydrogen-bond donors (Lipinski definition) is 1.